The summed E-state index contributed by atoms with van der Waals surface area (Å²) in [5.41, 5.74) is 2.33. The molecule has 2 aliphatic heterocycles. The number of piperazine rings is 1. The summed E-state index contributed by atoms with van der Waals surface area (Å²) in [7, 11) is 0. The smallest absolute Gasteiger partial charge is 0.0670 e. The van der Waals surface area contributed by atoms with E-state index in [0.717, 1.165) is 30.3 Å². The van der Waals surface area contributed by atoms with Gasteiger partial charge >= 0.3 is 0 Å². The molecule has 2 unspecified atom stereocenters. The van der Waals surface area contributed by atoms with Crippen molar-refractivity contribution in [1.82, 2.24) is 4.90 Å². The van der Waals surface area contributed by atoms with Crippen molar-refractivity contribution in [1.29, 1.82) is 0 Å². The first-order valence-electron chi connectivity index (χ1n) is 8.91. The highest BCUT2D eigenvalue weighted by atomic mass is 35.5. The molecular weight excluding hydrogens is 407 g/mol. The molecule has 0 aromatic heterocycles. The van der Waals surface area contributed by atoms with Gasteiger partial charge in [-0.25, -0.2) is 0 Å². The molecule has 138 valence electrons. The van der Waals surface area contributed by atoms with E-state index in [2.05, 4.69) is 33.7 Å². The van der Waals surface area contributed by atoms with Gasteiger partial charge in [-0.1, -0.05) is 46.9 Å². The Morgan fingerprint density at radius 3 is 2.38 bits per heavy atom. The van der Waals surface area contributed by atoms with E-state index in [1.54, 1.807) is 0 Å². The second kappa shape index (κ2) is 8.20. The summed E-state index contributed by atoms with van der Waals surface area (Å²) < 4.78 is 0. The van der Waals surface area contributed by atoms with E-state index < -0.39 is 0 Å². The van der Waals surface area contributed by atoms with Crippen molar-refractivity contribution >= 4 is 52.3 Å². The molecule has 2 nitrogen and oxygen atoms in total. The first-order valence-corrected chi connectivity index (χ1v) is 11.2. The predicted molar refractivity (Wildman–Crippen MR) is 115 cm³/mol. The fourth-order valence-corrected chi connectivity index (χ4v) is 5.82. The number of anilines is 1. The fraction of sp³-hybridized carbons (Fsp3) is 0.400. The van der Waals surface area contributed by atoms with Crippen LogP contribution in [0.5, 0.6) is 0 Å². The average Bonchev–Trinajstić information content (AvgIpc) is 3.17. The van der Waals surface area contributed by atoms with Gasteiger partial charge in [0.1, 0.15) is 0 Å². The number of benzene rings is 2. The van der Waals surface area contributed by atoms with E-state index in [0.29, 0.717) is 16.1 Å². The molecule has 2 saturated heterocycles. The van der Waals surface area contributed by atoms with Crippen LogP contribution in [0.2, 0.25) is 15.1 Å². The first kappa shape index (κ1) is 18.8. The first-order chi connectivity index (χ1) is 12.6. The van der Waals surface area contributed by atoms with Gasteiger partial charge in [-0.15, -0.1) is 0 Å². The zero-order chi connectivity index (χ0) is 18.1. The van der Waals surface area contributed by atoms with Gasteiger partial charge in [0.05, 0.1) is 16.8 Å². The van der Waals surface area contributed by atoms with E-state index in [9.17, 15) is 0 Å². The number of thioether (sulfide) groups is 1. The third-order valence-corrected chi connectivity index (χ3v) is 7.24. The van der Waals surface area contributed by atoms with Gasteiger partial charge in [0.15, 0.2) is 0 Å². The van der Waals surface area contributed by atoms with E-state index >= 15 is 0 Å². The maximum atomic E-state index is 6.54. The molecule has 2 heterocycles. The molecule has 26 heavy (non-hydrogen) atoms. The molecule has 4 rings (SSSR count). The van der Waals surface area contributed by atoms with E-state index in [-0.39, 0.29) is 6.04 Å². The molecule has 0 saturated carbocycles. The maximum absolute atomic E-state index is 6.54. The second-order valence-corrected chi connectivity index (χ2v) is 9.30. The van der Waals surface area contributed by atoms with Crippen molar-refractivity contribution in [3.05, 3.63) is 63.1 Å². The van der Waals surface area contributed by atoms with Crippen molar-refractivity contribution in [3.8, 4) is 0 Å². The summed E-state index contributed by atoms with van der Waals surface area (Å²) in [5.74, 6) is 2.52. The lowest BCUT2D eigenvalue weighted by atomic mass is 10.00. The van der Waals surface area contributed by atoms with Crippen LogP contribution in [0.25, 0.3) is 0 Å². The summed E-state index contributed by atoms with van der Waals surface area (Å²) in [5, 5.41) is 2.15. The number of hydrogen-bond acceptors (Lipinski definition) is 3. The van der Waals surface area contributed by atoms with Crippen LogP contribution in [0.15, 0.2) is 42.5 Å². The lowest BCUT2D eigenvalue weighted by molar-refractivity contribution is 0.174. The Morgan fingerprint density at radius 2 is 1.69 bits per heavy atom. The zero-order valence-corrected chi connectivity index (χ0v) is 17.5. The van der Waals surface area contributed by atoms with Crippen LogP contribution in [-0.4, -0.2) is 42.1 Å². The molecule has 0 spiro atoms. The molecule has 0 amide bonds. The minimum Gasteiger partial charge on any atom is -0.361 e. The minimum absolute atomic E-state index is 0.255. The summed E-state index contributed by atoms with van der Waals surface area (Å²) in [6, 6.07) is 15.0. The molecule has 0 bridgehead atoms. The quantitative estimate of drug-likeness (QED) is 0.591. The summed E-state index contributed by atoms with van der Waals surface area (Å²) in [6.07, 6.45) is 1.29. The largest absolute Gasteiger partial charge is 0.361 e. The van der Waals surface area contributed by atoms with Gasteiger partial charge in [-0.05, 0) is 48.1 Å². The monoisotopic (exact) mass is 426 g/mol. The lowest BCUT2D eigenvalue weighted by Crippen LogP contribution is -2.52. The zero-order valence-electron chi connectivity index (χ0n) is 14.4. The molecule has 6 heteroatoms. The number of rotatable bonds is 3. The lowest BCUT2D eigenvalue weighted by Gasteiger charge is -2.45. The summed E-state index contributed by atoms with van der Waals surface area (Å²) in [6.45, 7) is 3.02. The van der Waals surface area contributed by atoms with Crippen molar-refractivity contribution in [2.24, 2.45) is 0 Å². The molecule has 2 aromatic rings. The summed E-state index contributed by atoms with van der Waals surface area (Å²) in [4.78, 5) is 5.07. The van der Waals surface area contributed by atoms with Gasteiger partial charge in [-0.3, -0.25) is 4.90 Å². The Balaban J connectivity index is 1.66. The molecule has 2 aromatic carbocycles. The van der Waals surface area contributed by atoms with Crippen LogP contribution in [0.1, 0.15) is 18.0 Å². The highest BCUT2D eigenvalue weighted by Crippen LogP contribution is 2.38. The van der Waals surface area contributed by atoms with Crippen LogP contribution < -0.4 is 4.90 Å². The van der Waals surface area contributed by atoms with Crippen molar-refractivity contribution in [2.45, 2.75) is 18.5 Å². The van der Waals surface area contributed by atoms with Gasteiger partial charge < -0.3 is 4.90 Å². The van der Waals surface area contributed by atoms with Gasteiger partial charge in [-0.2, -0.15) is 11.8 Å². The third kappa shape index (κ3) is 3.98. The Hall–Kier alpha value is -0.580. The fourth-order valence-electron chi connectivity index (χ4n) is 3.92. The highest BCUT2D eigenvalue weighted by Gasteiger charge is 2.33. The van der Waals surface area contributed by atoms with E-state index in [1.807, 2.05) is 30.3 Å². The van der Waals surface area contributed by atoms with Crippen molar-refractivity contribution < 1.29 is 0 Å². The Labute approximate surface area is 174 Å². The standard InChI is InChI=1S/C20H21Cl3N2S/c21-15-3-1-14(2-4-15)20-12-24(17-7-10-26-13-17)8-9-25(20)19-6-5-16(22)11-18(19)23/h1-6,11,17,20H,7-10,12-13H2. The van der Waals surface area contributed by atoms with Crippen molar-refractivity contribution in [3.63, 3.8) is 0 Å². The third-order valence-electron chi connectivity index (χ3n) is 5.31. The van der Waals surface area contributed by atoms with Crippen LogP contribution in [-0.2, 0) is 0 Å². The van der Waals surface area contributed by atoms with E-state index in [1.165, 1.54) is 23.5 Å². The molecule has 2 fully saturated rings. The number of halogens is 3. The van der Waals surface area contributed by atoms with Crippen LogP contribution in [0.3, 0.4) is 0 Å². The van der Waals surface area contributed by atoms with Crippen molar-refractivity contribution in [2.75, 3.05) is 36.0 Å². The molecule has 0 aliphatic carbocycles. The van der Waals surface area contributed by atoms with Crippen LogP contribution >= 0.6 is 46.6 Å². The molecular formula is C20H21Cl3N2S. The van der Waals surface area contributed by atoms with Gasteiger partial charge in [0.25, 0.3) is 0 Å². The number of nitrogens with zero attached hydrogens (tertiary/aromatic N) is 2. The normalized spacial score (nSPS) is 24.2. The van der Waals surface area contributed by atoms with Gasteiger partial charge in [0, 0.05) is 41.5 Å². The molecule has 0 N–H and O–H groups in total. The Morgan fingerprint density at radius 1 is 0.923 bits per heavy atom. The Bertz CT molecular complexity index is 762. The maximum Gasteiger partial charge on any atom is 0.0670 e. The Kier molecular flexibility index (Phi) is 5.92. The van der Waals surface area contributed by atoms with E-state index in [4.69, 9.17) is 34.8 Å². The van der Waals surface area contributed by atoms with Crippen LogP contribution in [0.4, 0.5) is 5.69 Å². The number of hydrogen-bond donors (Lipinski definition) is 0. The second-order valence-electron chi connectivity index (χ2n) is 6.87. The molecule has 2 aliphatic rings. The minimum atomic E-state index is 0.255. The highest BCUT2D eigenvalue weighted by molar-refractivity contribution is 7.99. The SMILES string of the molecule is Clc1ccc(C2CN(C3CCSC3)CCN2c2ccc(Cl)cc2Cl)cc1. The molecule has 0 radical (unpaired) electrons. The predicted octanol–water partition coefficient (Wildman–Crippen LogP) is 6.02. The van der Waals surface area contributed by atoms with Crippen LogP contribution in [0, 0.1) is 0 Å². The average molecular weight is 428 g/mol. The topological polar surface area (TPSA) is 6.48 Å². The summed E-state index contributed by atoms with van der Waals surface area (Å²) >= 11 is 20.8. The molecule has 2 atom stereocenters. The van der Waals surface area contributed by atoms with Gasteiger partial charge in [0.2, 0.25) is 0 Å².